The second-order valence-corrected chi connectivity index (χ2v) is 4.86. The summed E-state index contributed by atoms with van der Waals surface area (Å²) in [5.74, 6) is -0.559. The molecular formula is C15H20ClNO4. The molecule has 1 N–H and O–H groups in total. The number of halogens is 1. The van der Waals surface area contributed by atoms with Crippen molar-refractivity contribution < 1.29 is 19.1 Å². The van der Waals surface area contributed by atoms with E-state index in [9.17, 15) is 9.59 Å². The first kappa shape index (κ1) is 17.3. The highest BCUT2D eigenvalue weighted by atomic mass is 35.5. The molecule has 0 saturated carbocycles. The number of alkyl carbamates (subject to hydrolysis) is 1. The van der Waals surface area contributed by atoms with Crippen LogP contribution < -0.4 is 5.32 Å². The van der Waals surface area contributed by atoms with E-state index in [1.165, 1.54) is 0 Å². The lowest BCUT2D eigenvalue weighted by atomic mass is 9.99. The van der Waals surface area contributed by atoms with E-state index < -0.39 is 18.1 Å². The van der Waals surface area contributed by atoms with E-state index in [1.54, 1.807) is 0 Å². The molecule has 0 heterocycles. The molecule has 0 radical (unpaired) electrons. The van der Waals surface area contributed by atoms with Gasteiger partial charge in [0.1, 0.15) is 12.6 Å². The number of amides is 1. The van der Waals surface area contributed by atoms with Gasteiger partial charge in [0.05, 0.1) is 0 Å². The molecule has 0 saturated heterocycles. The maximum absolute atomic E-state index is 12.1. The smallest absolute Gasteiger partial charge is 0.409 e. The number of hydrogen-bond acceptors (Lipinski definition) is 4. The predicted octanol–water partition coefficient (Wildman–Crippen LogP) is 3.07. The normalized spacial score (nSPS) is 13.1. The monoisotopic (exact) mass is 313 g/mol. The maximum Gasteiger partial charge on any atom is 0.409 e. The van der Waals surface area contributed by atoms with Gasteiger partial charge in [0, 0.05) is 0 Å². The van der Waals surface area contributed by atoms with Crippen LogP contribution in [0.25, 0.3) is 0 Å². The third kappa shape index (κ3) is 6.04. The Morgan fingerprint density at radius 3 is 2.48 bits per heavy atom. The first-order valence-corrected chi connectivity index (χ1v) is 7.31. The molecule has 0 aromatic heterocycles. The zero-order valence-corrected chi connectivity index (χ0v) is 12.9. The van der Waals surface area contributed by atoms with Crippen molar-refractivity contribution in [3.8, 4) is 0 Å². The summed E-state index contributed by atoms with van der Waals surface area (Å²) in [6.07, 6.45) is -0.0151. The maximum atomic E-state index is 12.1. The van der Waals surface area contributed by atoms with Crippen LogP contribution in [-0.2, 0) is 20.9 Å². The minimum atomic E-state index is -0.755. The number of esters is 1. The highest BCUT2D eigenvalue weighted by Gasteiger charge is 2.27. The molecule has 2 atom stereocenters. The molecule has 5 nitrogen and oxygen atoms in total. The Hall–Kier alpha value is -1.75. The van der Waals surface area contributed by atoms with E-state index in [0.717, 1.165) is 5.56 Å². The topological polar surface area (TPSA) is 64.6 Å². The van der Waals surface area contributed by atoms with Crippen LogP contribution in [0.2, 0.25) is 0 Å². The summed E-state index contributed by atoms with van der Waals surface area (Å²) in [7, 11) is 0. The first-order valence-electron chi connectivity index (χ1n) is 6.78. The van der Waals surface area contributed by atoms with Crippen LogP contribution in [-0.4, -0.2) is 24.2 Å². The SMILES string of the molecule is CCC(C)C(NC(=O)OCCl)C(=O)OCc1ccccc1. The van der Waals surface area contributed by atoms with Gasteiger partial charge >= 0.3 is 12.1 Å². The number of nitrogens with one attached hydrogen (secondary N) is 1. The highest BCUT2D eigenvalue weighted by molar-refractivity contribution is 6.17. The number of carbonyl (C=O) groups is 2. The van der Waals surface area contributed by atoms with Gasteiger partial charge in [-0.1, -0.05) is 62.2 Å². The quantitative estimate of drug-likeness (QED) is 0.620. The summed E-state index contributed by atoms with van der Waals surface area (Å²) in [5, 5.41) is 2.48. The van der Waals surface area contributed by atoms with Gasteiger partial charge in [-0.25, -0.2) is 9.59 Å². The van der Waals surface area contributed by atoms with Gasteiger partial charge in [0.15, 0.2) is 6.07 Å². The standard InChI is InChI=1S/C15H20ClNO4/c1-3-11(2)13(17-15(19)21-10-16)14(18)20-9-12-7-5-4-6-8-12/h4-8,11,13H,3,9-10H2,1-2H3,(H,17,19). The minimum Gasteiger partial charge on any atom is -0.459 e. The molecule has 0 fully saturated rings. The van der Waals surface area contributed by atoms with Gasteiger partial charge in [-0.2, -0.15) is 0 Å². The molecule has 1 aromatic rings. The lowest BCUT2D eigenvalue weighted by molar-refractivity contribution is -0.148. The molecule has 21 heavy (non-hydrogen) atoms. The Morgan fingerprint density at radius 2 is 1.90 bits per heavy atom. The van der Waals surface area contributed by atoms with E-state index in [4.69, 9.17) is 16.3 Å². The average molecular weight is 314 g/mol. The fourth-order valence-corrected chi connectivity index (χ4v) is 1.80. The molecule has 116 valence electrons. The Labute approximate surface area is 129 Å². The van der Waals surface area contributed by atoms with E-state index in [2.05, 4.69) is 10.1 Å². The van der Waals surface area contributed by atoms with Crippen LogP contribution in [0.15, 0.2) is 30.3 Å². The number of rotatable bonds is 7. The number of alkyl halides is 1. The minimum absolute atomic E-state index is 0.0730. The van der Waals surface area contributed by atoms with Crippen molar-refractivity contribution in [1.82, 2.24) is 5.32 Å². The summed E-state index contributed by atoms with van der Waals surface area (Å²) in [6, 6.07) is 8.32. The molecule has 1 amide bonds. The van der Waals surface area contributed by atoms with Crippen LogP contribution in [0.3, 0.4) is 0 Å². The van der Waals surface area contributed by atoms with Crippen molar-refractivity contribution in [2.45, 2.75) is 32.9 Å². The summed E-state index contributed by atoms with van der Waals surface area (Å²) in [6.45, 7) is 3.95. The molecule has 0 aliphatic rings. The summed E-state index contributed by atoms with van der Waals surface area (Å²) < 4.78 is 9.84. The largest absolute Gasteiger partial charge is 0.459 e. The van der Waals surface area contributed by atoms with E-state index >= 15 is 0 Å². The van der Waals surface area contributed by atoms with E-state index in [1.807, 2.05) is 44.2 Å². The van der Waals surface area contributed by atoms with Gasteiger partial charge in [0.2, 0.25) is 0 Å². The molecule has 1 rings (SSSR count). The number of benzene rings is 1. The Kier molecular flexibility index (Phi) is 7.61. The molecule has 6 heteroatoms. The lowest BCUT2D eigenvalue weighted by Gasteiger charge is -2.22. The third-order valence-corrected chi connectivity index (χ3v) is 3.26. The van der Waals surface area contributed by atoms with Crippen LogP contribution in [0.5, 0.6) is 0 Å². The summed E-state index contributed by atoms with van der Waals surface area (Å²) in [4.78, 5) is 23.6. The highest BCUT2D eigenvalue weighted by Crippen LogP contribution is 2.11. The number of carbonyl (C=O) groups excluding carboxylic acids is 2. The van der Waals surface area contributed by atoms with Crippen LogP contribution in [0, 0.1) is 5.92 Å². The van der Waals surface area contributed by atoms with Crippen LogP contribution in [0.1, 0.15) is 25.8 Å². The zero-order chi connectivity index (χ0) is 15.7. The Balaban J connectivity index is 2.60. The number of hydrogen-bond donors (Lipinski definition) is 1. The van der Waals surface area contributed by atoms with Crippen molar-refractivity contribution in [2.75, 3.05) is 6.07 Å². The van der Waals surface area contributed by atoms with E-state index in [0.29, 0.717) is 6.42 Å². The van der Waals surface area contributed by atoms with Gasteiger partial charge in [-0.15, -0.1) is 0 Å². The Bertz CT molecular complexity index is 452. The molecule has 0 aliphatic heterocycles. The van der Waals surface area contributed by atoms with Gasteiger partial charge in [-0.3, -0.25) is 0 Å². The van der Waals surface area contributed by atoms with Gasteiger partial charge in [-0.05, 0) is 11.5 Å². The van der Waals surface area contributed by atoms with Crippen molar-refractivity contribution in [2.24, 2.45) is 5.92 Å². The zero-order valence-electron chi connectivity index (χ0n) is 12.2. The second kappa shape index (κ2) is 9.23. The molecular weight excluding hydrogens is 294 g/mol. The van der Waals surface area contributed by atoms with Crippen LogP contribution >= 0.6 is 11.6 Å². The van der Waals surface area contributed by atoms with Gasteiger partial charge < -0.3 is 14.8 Å². The lowest BCUT2D eigenvalue weighted by Crippen LogP contribution is -2.46. The number of ether oxygens (including phenoxy) is 2. The second-order valence-electron chi connectivity index (χ2n) is 4.64. The van der Waals surface area contributed by atoms with Crippen molar-refractivity contribution in [3.05, 3.63) is 35.9 Å². The summed E-state index contributed by atoms with van der Waals surface area (Å²) in [5.41, 5.74) is 0.886. The first-order chi connectivity index (χ1) is 10.1. The van der Waals surface area contributed by atoms with Crippen molar-refractivity contribution >= 4 is 23.7 Å². The molecule has 2 unspecified atom stereocenters. The molecule has 0 spiro atoms. The average Bonchev–Trinajstić information content (AvgIpc) is 2.51. The molecule has 0 bridgehead atoms. The van der Waals surface area contributed by atoms with Crippen molar-refractivity contribution in [3.63, 3.8) is 0 Å². The van der Waals surface area contributed by atoms with Gasteiger partial charge in [0.25, 0.3) is 0 Å². The predicted molar refractivity (Wildman–Crippen MR) is 79.8 cm³/mol. The molecule has 1 aromatic carbocycles. The van der Waals surface area contributed by atoms with Crippen LogP contribution in [0.4, 0.5) is 4.79 Å². The van der Waals surface area contributed by atoms with Crippen molar-refractivity contribution in [1.29, 1.82) is 0 Å². The third-order valence-electron chi connectivity index (χ3n) is 3.15. The molecule has 0 aliphatic carbocycles. The Morgan fingerprint density at radius 1 is 1.24 bits per heavy atom. The fourth-order valence-electron chi connectivity index (χ4n) is 1.71. The fraction of sp³-hybridized carbons (Fsp3) is 0.467. The summed E-state index contributed by atoms with van der Waals surface area (Å²) >= 11 is 5.31. The van der Waals surface area contributed by atoms with E-state index in [-0.39, 0.29) is 18.6 Å².